The van der Waals surface area contributed by atoms with Crippen LogP contribution in [0.3, 0.4) is 0 Å². The van der Waals surface area contributed by atoms with E-state index < -0.39 is 15.8 Å². The molecule has 0 saturated heterocycles. The van der Waals surface area contributed by atoms with Crippen molar-refractivity contribution in [1.29, 1.82) is 0 Å². The summed E-state index contributed by atoms with van der Waals surface area (Å²) in [5, 5.41) is 7.30. The van der Waals surface area contributed by atoms with Gasteiger partial charge in [0.25, 0.3) is 0 Å². The van der Waals surface area contributed by atoms with E-state index in [0.29, 0.717) is 4.47 Å². The Morgan fingerprint density at radius 3 is 2.80 bits per heavy atom. The fourth-order valence-corrected chi connectivity index (χ4v) is 1.55. The molecule has 0 unspecified atom stereocenters. The van der Waals surface area contributed by atoms with Crippen LogP contribution in [0, 0.1) is 5.82 Å². The maximum atomic E-state index is 13.1. The first-order valence-electron chi connectivity index (χ1n) is 3.94. The first-order chi connectivity index (χ1) is 6.88. The molecule has 1 aromatic heterocycles. The van der Waals surface area contributed by atoms with Gasteiger partial charge in [-0.1, -0.05) is 0 Å². The van der Waals surface area contributed by atoms with E-state index in [1.807, 2.05) is 0 Å². The Kier molecular flexibility index (Phi) is 4.00. The van der Waals surface area contributed by atoms with Gasteiger partial charge in [-0.05, 0) is 22.0 Å². The molecule has 0 aromatic carbocycles. The first-order valence-corrected chi connectivity index (χ1v) is 6.45. The van der Waals surface area contributed by atoms with Crippen molar-refractivity contribution in [3.63, 3.8) is 0 Å². The molecule has 0 aliphatic carbocycles. The second kappa shape index (κ2) is 4.86. The van der Waals surface area contributed by atoms with Crippen molar-refractivity contribution in [2.24, 2.45) is 5.14 Å². The number of hydrogen-bond donors (Lipinski definition) is 2. The second-order valence-corrected chi connectivity index (χ2v) is 5.43. The Bertz CT molecular complexity index is 452. The highest BCUT2D eigenvalue weighted by Gasteiger charge is 2.06. The molecule has 1 aromatic rings. The molecule has 15 heavy (non-hydrogen) atoms. The zero-order chi connectivity index (χ0) is 11.5. The highest BCUT2D eigenvalue weighted by atomic mass is 79.9. The van der Waals surface area contributed by atoms with Crippen LogP contribution in [0.1, 0.15) is 0 Å². The number of sulfonamides is 1. The molecular weight excluding hydrogens is 289 g/mol. The lowest BCUT2D eigenvalue weighted by atomic mass is 10.4. The predicted molar refractivity (Wildman–Crippen MR) is 58.4 cm³/mol. The topological polar surface area (TPSA) is 85.1 Å². The molecule has 0 aliphatic heterocycles. The first kappa shape index (κ1) is 12.3. The Morgan fingerprint density at radius 2 is 2.27 bits per heavy atom. The Hall–Kier alpha value is -0.730. The van der Waals surface area contributed by atoms with Gasteiger partial charge >= 0.3 is 0 Å². The van der Waals surface area contributed by atoms with Crippen molar-refractivity contribution in [3.05, 3.63) is 22.6 Å². The molecule has 0 radical (unpaired) electrons. The van der Waals surface area contributed by atoms with E-state index >= 15 is 0 Å². The van der Waals surface area contributed by atoms with Crippen molar-refractivity contribution in [1.82, 2.24) is 4.98 Å². The SMILES string of the molecule is NS(=O)(=O)CCNc1ncc(Br)cc1F. The molecule has 5 nitrogen and oxygen atoms in total. The third-order valence-corrected chi connectivity index (χ3v) is 2.69. The van der Waals surface area contributed by atoms with Gasteiger partial charge in [-0.15, -0.1) is 0 Å². The lowest BCUT2D eigenvalue weighted by Gasteiger charge is -2.05. The number of halogens is 2. The van der Waals surface area contributed by atoms with Crippen LogP contribution in [0.15, 0.2) is 16.7 Å². The molecule has 0 atom stereocenters. The summed E-state index contributed by atoms with van der Waals surface area (Å²) in [6.45, 7) is 0.0182. The van der Waals surface area contributed by atoms with E-state index in [0.717, 1.165) is 0 Å². The number of nitrogens with one attached hydrogen (secondary N) is 1. The van der Waals surface area contributed by atoms with Crippen molar-refractivity contribution in [2.45, 2.75) is 0 Å². The molecule has 1 heterocycles. The van der Waals surface area contributed by atoms with Gasteiger partial charge < -0.3 is 5.32 Å². The molecule has 84 valence electrons. The maximum Gasteiger partial charge on any atom is 0.210 e. The highest BCUT2D eigenvalue weighted by Crippen LogP contribution is 2.15. The maximum absolute atomic E-state index is 13.1. The summed E-state index contributed by atoms with van der Waals surface area (Å²) in [6.07, 6.45) is 1.41. The Balaban J connectivity index is 2.59. The molecule has 1 rings (SSSR count). The third kappa shape index (κ3) is 4.54. The van der Waals surface area contributed by atoms with Crippen LogP contribution in [0.25, 0.3) is 0 Å². The molecule has 3 N–H and O–H groups in total. The Morgan fingerprint density at radius 1 is 1.60 bits per heavy atom. The second-order valence-electron chi connectivity index (χ2n) is 2.78. The van der Waals surface area contributed by atoms with E-state index in [-0.39, 0.29) is 18.1 Å². The summed E-state index contributed by atoms with van der Waals surface area (Å²) in [7, 11) is -3.54. The number of pyridine rings is 1. The van der Waals surface area contributed by atoms with Gasteiger partial charge in [0.15, 0.2) is 11.6 Å². The molecule has 8 heteroatoms. The normalized spacial score (nSPS) is 11.4. The molecule has 0 fully saturated rings. The van der Waals surface area contributed by atoms with Crippen molar-refractivity contribution >= 4 is 31.8 Å². The van der Waals surface area contributed by atoms with Crippen molar-refractivity contribution < 1.29 is 12.8 Å². The number of aromatic nitrogens is 1. The number of nitrogens with zero attached hydrogens (tertiary/aromatic N) is 1. The smallest absolute Gasteiger partial charge is 0.210 e. The van der Waals surface area contributed by atoms with E-state index in [1.54, 1.807) is 0 Å². The number of hydrogen-bond acceptors (Lipinski definition) is 4. The van der Waals surface area contributed by atoms with Crippen molar-refractivity contribution in [3.8, 4) is 0 Å². The average Bonchev–Trinajstić information content (AvgIpc) is 2.07. The van der Waals surface area contributed by atoms with Crippen LogP contribution in [0.4, 0.5) is 10.2 Å². The zero-order valence-corrected chi connectivity index (χ0v) is 9.98. The van der Waals surface area contributed by atoms with Gasteiger partial charge in [-0.2, -0.15) is 0 Å². The van der Waals surface area contributed by atoms with Gasteiger partial charge in [-0.25, -0.2) is 22.9 Å². The molecule has 0 spiro atoms. The number of nitrogens with two attached hydrogens (primary N) is 1. The minimum Gasteiger partial charge on any atom is -0.367 e. The van der Waals surface area contributed by atoms with E-state index in [9.17, 15) is 12.8 Å². The van der Waals surface area contributed by atoms with Crippen LogP contribution in [-0.2, 0) is 10.0 Å². The summed E-state index contributed by atoms with van der Waals surface area (Å²) in [6, 6.07) is 1.23. The van der Waals surface area contributed by atoms with E-state index in [4.69, 9.17) is 5.14 Å². The fourth-order valence-electron chi connectivity index (χ4n) is 0.856. The largest absolute Gasteiger partial charge is 0.367 e. The summed E-state index contributed by atoms with van der Waals surface area (Å²) < 4.78 is 34.8. The van der Waals surface area contributed by atoms with Gasteiger partial charge in [0.05, 0.1) is 5.75 Å². The standard InChI is InChI=1S/C7H9BrFN3O2S/c8-5-3-6(9)7(12-4-5)11-1-2-15(10,13)14/h3-4H,1-2H2,(H,11,12)(H2,10,13,14). The Labute approximate surface area is 95.1 Å². The van der Waals surface area contributed by atoms with Crippen LogP contribution >= 0.6 is 15.9 Å². The zero-order valence-electron chi connectivity index (χ0n) is 7.57. The van der Waals surface area contributed by atoms with Gasteiger partial charge in [0.2, 0.25) is 10.0 Å². The van der Waals surface area contributed by atoms with Gasteiger partial charge in [0.1, 0.15) is 0 Å². The molecule has 0 bridgehead atoms. The van der Waals surface area contributed by atoms with E-state index in [1.165, 1.54) is 12.3 Å². The molecule has 0 amide bonds. The van der Waals surface area contributed by atoms with Crippen molar-refractivity contribution in [2.75, 3.05) is 17.6 Å². The van der Waals surface area contributed by atoms with Crippen LogP contribution in [-0.4, -0.2) is 25.7 Å². The van der Waals surface area contributed by atoms with Crippen LogP contribution in [0.5, 0.6) is 0 Å². The van der Waals surface area contributed by atoms with Crippen LogP contribution in [0.2, 0.25) is 0 Å². The summed E-state index contributed by atoms with van der Waals surface area (Å²) in [5.41, 5.74) is 0. The lowest BCUT2D eigenvalue weighted by Crippen LogP contribution is -2.22. The van der Waals surface area contributed by atoms with Crippen LogP contribution < -0.4 is 10.5 Å². The summed E-state index contributed by atoms with van der Waals surface area (Å²) in [4.78, 5) is 3.73. The lowest BCUT2D eigenvalue weighted by molar-refractivity contribution is 0.597. The quantitative estimate of drug-likeness (QED) is 0.856. The third-order valence-electron chi connectivity index (χ3n) is 1.49. The molecule has 0 saturated carbocycles. The van der Waals surface area contributed by atoms with Gasteiger partial charge in [0, 0.05) is 17.2 Å². The van der Waals surface area contributed by atoms with E-state index in [2.05, 4.69) is 26.2 Å². The monoisotopic (exact) mass is 297 g/mol. The average molecular weight is 298 g/mol. The van der Waals surface area contributed by atoms with Gasteiger partial charge in [-0.3, -0.25) is 0 Å². The summed E-state index contributed by atoms with van der Waals surface area (Å²) >= 11 is 3.05. The number of primary sulfonamides is 1. The minimum atomic E-state index is -3.54. The number of rotatable bonds is 4. The molecule has 0 aliphatic rings. The minimum absolute atomic E-state index is 0.00171. The molecular formula is C7H9BrFN3O2S. The summed E-state index contributed by atoms with van der Waals surface area (Å²) in [5.74, 6) is -0.829. The highest BCUT2D eigenvalue weighted by molar-refractivity contribution is 9.10. The predicted octanol–water partition coefficient (Wildman–Crippen LogP) is 0.684. The fraction of sp³-hybridized carbons (Fsp3) is 0.286. The number of anilines is 1.